The molecule has 2 aromatic rings. The van der Waals surface area contributed by atoms with Crippen LogP contribution in [-0.2, 0) is 11.3 Å². The molecule has 2 rings (SSSR count). The lowest BCUT2D eigenvalue weighted by atomic mass is 10.1. The van der Waals surface area contributed by atoms with Gasteiger partial charge in [0.15, 0.2) is 0 Å². The van der Waals surface area contributed by atoms with Crippen LogP contribution in [0.3, 0.4) is 0 Å². The van der Waals surface area contributed by atoms with Gasteiger partial charge in [-0.15, -0.1) is 0 Å². The van der Waals surface area contributed by atoms with Crippen molar-refractivity contribution in [2.24, 2.45) is 0 Å². The highest BCUT2D eigenvalue weighted by Gasteiger charge is 2.10. The standard InChI is InChI=1S/C16H22BrN3O/c1-11-8-12(2)15(14(17)9-11)19-16-18-13(3)10-20(16)6-5-7-21-4/h8-10H,5-7H2,1-4H3,(H,18,19). The number of ether oxygens (including phenoxy) is 1. The van der Waals surface area contributed by atoms with Gasteiger partial charge in [-0.3, -0.25) is 0 Å². The van der Waals surface area contributed by atoms with Gasteiger partial charge in [0.05, 0.1) is 11.4 Å². The van der Waals surface area contributed by atoms with E-state index in [0.717, 1.165) is 41.4 Å². The number of methoxy groups -OCH3 is 1. The van der Waals surface area contributed by atoms with Crippen molar-refractivity contribution in [1.82, 2.24) is 9.55 Å². The third-order valence-electron chi connectivity index (χ3n) is 3.31. The van der Waals surface area contributed by atoms with E-state index >= 15 is 0 Å². The molecule has 0 spiro atoms. The number of aryl methyl sites for hydroxylation is 4. The summed E-state index contributed by atoms with van der Waals surface area (Å²) in [5.41, 5.74) is 4.52. The van der Waals surface area contributed by atoms with Crippen molar-refractivity contribution in [2.75, 3.05) is 19.0 Å². The van der Waals surface area contributed by atoms with E-state index in [9.17, 15) is 0 Å². The Morgan fingerprint density at radius 2 is 2.05 bits per heavy atom. The summed E-state index contributed by atoms with van der Waals surface area (Å²) in [6.07, 6.45) is 3.03. The lowest BCUT2D eigenvalue weighted by Gasteiger charge is -2.14. The van der Waals surface area contributed by atoms with Crippen LogP contribution in [0.15, 0.2) is 22.8 Å². The number of rotatable bonds is 6. The van der Waals surface area contributed by atoms with Crippen molar-refractivity contribution >= 4 is 27.6 Å². The fourth-order valence-corrected chi connectivity index (χ4v) is 3.16. The summed E-state index contributed by atoms with van der Waals surface area (Å²) < 4.78 is 8.32. The molecular formula is C16H22BrN3O. The second-order valence-corrected chi connectivity index (χ2v) is 6.16. The summed E-state index contributed by atoms with van der Waals surface area (Å²) in [6.45, 7) is 7.85. The average Bonchev–Trinajstić information content (AvgIpc) is 2.74. The molecule has 5 heteroatoms. The summed E-state index contributed by atoms with van der Waals surface area (Å²) in [6, 6.07) is 4.28. The van der Waals surface area contributed by atoms with Crippen molar-refractivity contribution in [3.8, 4) is 0 Å². The number of hydrogen-bond donors (Lipinski definition) is 1. The zero-order chi connectivity index (χ0) is 15.4. The zero-order valence-corrected chi connectivity index (χ0v) is 14.6. The highest BCUT2D eigenvalue weighted by Crippen LogP contribution is 2.30. The Hall–Kier alpha value is -1.33. The van der Waals surface area contributed by atoms with Crippen LogP contribution >= 0.6 is 15.9 Å². The first-order valence-corrected chi connectivity index (χ1v) is 7.87. The van der Waals surface area contributed by atoms with E-state index in [1.807, 2.05) is 6.92 Å². The van der Waals surface area contributed by atoms with E-state index in [0.29, 0.717) is 0 Å². The maximum atomic E-state index is 5.12. The maximum Gasteiger partial charge on any atom is 0.207 e. The van der Waals surface area contributed by atoms with Gasteiger partial charge in [-0.1, -0.05) is 6.07 Å². The van der Waals surface area contributed by atoms with Crippen LogP contribution in [0.2, 0.25) is 0 Å². The molecule has 0 bridgehead atoms. The first kappa shape index (κ1) is 16.0. The van der Waals surface area contributed by atoms with Crippen LogP contribution in [-0.4, -0.2) is 23.3 Å². The molecule has 0 aliphatic carbocycles. The highest BCUT2D eigenvalue weighted by molar-refractivity contribution is 9.10. The van der Waals surface area contributed by atoms with E-state index in [4.69, 9.17) is 4.74 Å². The van der Waals surface area contributed by atoms with Gasteiger partial charge in [0.2, 0.25) is 5.95 Å². The quantitative estimate of drug-likeness (QED) is 0.786. The van der Waals surface area contributed by atoms with Crippen LogP contribution in [0.25, 0.3) is 0 Å². The van der Waals surface area contributed by atoms with Gasteiger partial charge >= 0.3 is 0 Å². The van der Waals surface area contributed by atoms with Crippen LogP contribution in [0.1, 0.15) is 23.2 Å². The number of aromatic nitrogens is 2. The van der Waals surface area contributed by atoms with Crippen LogP contribution in [0.5, 0.6) is 0 Å². The van der Waals surface area contributed by atoms with Gasteiger partial charge in [-0.2, -0.15) is 0 Å². The number of anilines is 2. The highest BCUT2D eigenvalue weighted by atomic mass is 79.9. The Morgan fingerprint density at radius 1 is 1.29 bits per heavy atom. The lowest BCUT2D eigenvalue weighted by Crippen LogP contribution is -2.06. The maximum absolute atomic E-state index is 5.12. The van der Waals surface area contributed by atoms with E-state index in [1.165, 1.54) is 11.1 Å². The SMILES string of the molecule is COCCCn1cc(C)nc1Nc1c(C)cc(C)cc1Br. The molecule has 0 atom stereocenters. The molecule has 1 aromatic carbocycles. The number of imidazole rings is 1. The van der Waals surface area contributed by atoms with Gasteiger partial charge in [0, 0.05) is 30.9 Å². The summed E-state index contributed by atoms with van der Waals surface area (Å²) in [5, 5.41) is 3.45. The molecule has 21 heavy (non-hydrogen) atoms. The normalized spacial score (nSPS) is 10.9. The summed E-state index contributed by atoms with van der Waals surface area (Å²) in [5.74, 6) is 0.872. The number of halogens is 1. The minimum atomic E-state index is 0.754. The second-order valence-electron chi connectivity index (χ2n) is 5.31. The Labute approximate surface area is 134 Å². The molecule has 0 fully saturated rings. The molecule has 4 nitrogen and oxygen atoms in total. The molecule has 0 radical (unpaired) electrons. The largest absolute Gasteiger partial charge is 0.385 e. The molecular weight excluding hydrogens is 330 g/mol. The molecule has 1 aromatic heterocycles. The van der Waals surface area contributed by atoms with Crippen LogP contribution in [0.4, 0.5) is 11.6 Å². The average molecular weight is 352 g/mol. The third-order valence-corrected chi connectivity index (χ3v) is 3.94. The Kier molecular flexibility index (Phi) is 5.42. The van der Waals surface area contributed by atoms with Crippen LogP contribution < -0.4 is 5.32 Å². The minimum Gasteiger partial charge on any atom is -0.385 e. The van der Waals surface area contributed by atoms with Crippen LogP contribution in [0, 0.1) is 20.8 Å². The molecule has 0 saturated heterocycles. The monoisotopic (exact) mass is 351 g/mol. The van der Waals surface area contributed by atoms with Crippen molar-refractivity contribution in [3.63, 3.8) is 0 Å². The molecule has 0 amide bonds. The Bertz CT molecular complexity index is 599. The molecule has 1 N–H and O–H groups in total. The lowest BCUT2D eigenvalue weighted by molar-refractivity contribution is 0.190. The smallest absolute Gasteiger partial charge is 0.207 e. The number of hydrogen-bond acceptors (Lipinski definition) is 3. The topological polar surface area (TPSA) is 39.1 Å². The molecule has 114 valence electrons. The van der Waals surface area contributed by atoms with Gasteiger partial charge in [0.25, 0.3) is 0 Å². The number of benzene rings is 1. The third kappa shape index (κ3) is 4.08. The van der Waals surface area contributed by atoms with E-state index in [-0.39, 0.29) is 0 Å². The van der Waals surface area contributed by atoms with Crippen molar-refractivity contribution in [3.05, 3.63) is 39.6 Å². The Morgan fingerprint density at radius 3 is 2.71 bits per heavy atom. The first-order chi connectivity index (χ1) is 10.0. The molecule has 1 heterocycles. The van der Waals surface area contributed by atoms with Crippen molar-refractivity contribution in [2.45, 2.75) is 33.7 Å². The summed E-state index contributed by atoms with van der Waals surface area (Å²) in [4.78, 5) is 4.58. The van der Waals surface area contributed by atoms with Gasteiger partial charge in [-0.05, 0) is 60.3 Å². The fraction of sp³-hybridized carbons (Fsp3) is 0.438. The summed E-state index contributed by atoms with van der Waals surface area (Å²) in [7, 11) is 1.73. The molecule has 0 aliphatic heterocycles. The zero-order valence-electron chi connectivity index (χ0n) is 13.0. The van der Waals surface area contributed by atoms with Gasteiger partial charge < -0.3 is 14.6 Å². The second kappa shape index (κ2) is 7.09. The Balaban J connectivity index is 2.23. The van der Waals surface area contributed by atoms with E-state index < -0.39 is 0 Å². The minimum absolute atomic E-state index is 0.754. The predicted molar refractivity (Wildman–Crippen MR) is 90.4 cm³/mol. The number of nitrogens with zero attached hydrogens (tertiary/aromatic N) is 2. The predicted octanol–water partition coefficient (Wildman–Crippen LogP) is 4.35. The van der Waals surface area contributed by atoms with Gasteiger partial charge in [0.1, 0.15) is 0 Å². The van der Waals surface area contributed by atoms with Crippen molar-refractivity contribution in [1.29, 1.82) is 0 Å². The molecule has 0 saturated carbocycles. The van der Waals surface area contributed by atoms with Crippen molar-refractivity contribution < 1.29 is 4.74 Å². The number of nitrogens with one attached hydrogen (secondary N) is 1. The van der Waals surface area contributed by atoms with E-state index in [2.05, 4.69) is 63.0 Å². The summed E-state index contributed by atoms with van der Waals surface area (Å²) >= 11 is 3.63. The molecule has 0 unspecified atom stereocenters. The van der Waals surface area contributed by atoms with E-state index in [1.54, 1.807) is 7.11 Å². The molecule has 0 aliphatic rings. The first-order valence-electron chi connectivity index (χ1n) is 7.07. The fourth-order valence-electron chi connectivity index (χ4n) is 2.38. The van der Waals surface area contributed by atoms with Gasteiger partial charge in [-0.25, -0.2) is 4.98 Å².